The summed E-state index contributed by atoms with van der Waals surface area (Å²) in [5.74, 6) is -0.399. The highest BCUT2D eigenvalue weighted by Crippen LogP contribution is 2.24. The Morgan fingerprint density at radius 1 is 1.42 bits per heavy atom. The average molecular weight is 283 g/mol. The van der Waals surface area contributed by atoms with Crippen LogP contribution in [-0.2, 0) is 4.79 Å². The van der Waals surface area contributed by atoms with Gasteiger partial charge in [0, 0.05) is 17.9 Å². The number of aliphatic carboxylic acids is 1. The zero-order chi connectivity index (χ0) is 14.3. The van der Waals surface area contributed by atoms with E-state index in [0.717, 1.165) is 10.5 Å². The number of ether oxygens (including phenoxy) is 1. The van der Waals surface area contributed by atoms with Crippen molar-refractivity contribution in [2.45, 2.75) is 24.7 Å². The third kappa shape index (κ3) is 5.65. The van der Waals surface area contributed by atoms with Gasteiger partial charge in [-0.2, -0.15) is 0 Å². The van der Waals surface area contributed by atoms with E-state index >= 15 is 0 Å². The molecular weight excluding hydrogens is 266 g/mol. The average Bonchev–Trinajstić information content (AvgIpc) is 2.35. The molecule has 0 aliphatic carbocycles. The number of amides is 1. The normalized spacial score (nSPS) is 10.0. The molecule has 1 aromatic rings. The van der Waals surface area contributed by atoms with Gasteiger partial charge in [0.05, 0.1) is 0 Å². The monoisotopic (exact) mass is 283 g/mol. The largest absolute Gasteiger partial charge is 0.481 e. The molecule has 1 amide bonds. The molecule has 2 N–H and O–H groups in total. The van der Waals surface area contributed by atoms with Crippen LogP contribution in [-0.4, -0.2) is 30.0 Å². The Morgan fingerprint density at radius 3 is 2.74 bits per heavy atom. The van der Waals surface area contributed by atoms with Gasteiger partial charge in [0.25, 0.3) is 0 Å². The summed E-state index contributed by atoms with van der Waals surface area (Å²) in [6, 6.07) is 5.42. The Labute approximate surface area is 116 Å². The maximum atomic E-state index is 11.4. The van der Waals surface area contributed by atoms with Crippen molar-refractivity contribution in [3.63, 3.8) is 0 Å². The lowest BCUT2D eigenvalue weighted by atomic mass is 10.2. The van der Waals surface area contributed by atoms with Crippen molar-refractivity contribution in [1.82, 2.24) is 5.32 Å². The Hall–Kier alpha value is -1.69. The molecule has 6 heteroatoms. The van der Waals surface area contributed by atoms with Crippen LogP contribution in [0.4, 0.5) is 4.79 Å². The van der Waals surface area contributed by atoms with Gasteiger partial charge in [-0.3, -0.25) is 4.79 Å². The highest BCUT2D eigenvalue weighted by atomic mass is 32.2. The van der Waals surface area contributed by atoms with Crippen LogP contribution in [0.15, 0.2) is 23.1 Å². The Balaban J connectivity index is 2.40. The number of carbonyl (C=O) groups is 2. The molecule has 0 spiro atoms. The predicted molar refractivity (Wildman–Crippen MR) is 73.9 cm³/mol. The molecular formula is C13H17NO4S. The lowest BCUT2D eigenvalue weighted by Crippen LogP contribution is -2.28. The minimum Gasteiger partial charge on any atom is -0.481 e. The van der Waals surface area contributed by atoms with Gasteiger partial charge in [-0.1, -0.05) is 0 Å². The molecule has 0 saturated heterocycles. The van der Waals surface area contributed by atoms with Gasteiger partial charge in [-0.25, -0.2) is 4.79 Å². The molecule has 0 saturated carbocycles. The third-order valence-corrected chi connectivity index (χ3v) is 3.31. The summed E-state index contributed by atoms with van der Waals surface area (Å²) in [7, 11) is 0. The van der Waals surface area contributed by atoms with Crippen molar-refractivity contribution in [3.8, 4) is 5.75 Å². The van der Waals surface area contributed by atoms with E-state index in [1.165, 1.54) is 0 Å². The van der Waals surface area contributed by atoms with Gasteiger partial charge in [-0.05, 0) is 43.4 Å². The standard InChI is InChI=1S/C13H17NO4S/c1-9-8-10(5-6-11(9)19-2)18-13(17)14-7-3-4-12(15)16/h5-6,8H,3-4,7H2,1-2H3,(H,14,17)(H,15,16). The molecule has 0 aromatic heterocycles. The lowest BCUT2D eigenvalue weighted by Gasteiger charge is -2.08. The highest BCUT2D eigenvalue weighted by Gasteiger charge is 2.06. The first-order valence-electron chi connectivity index (χ1n) is 5.85. The molecule has 0 unspecified atom stereocenters. The quantitative estimate of drug-likeness (QED) is 0.620. The van der Waals surface area contributed by atoms with Crippen LogP contribution in [0.5, 0.6) is 5.75 Å². The zero-order valence-corrected chi connectivity index (χ0v) is 11.8. The van der Waals surface area contributed by atoms with Crippen LogP contribution in [0.1, 0.15) is 18.4 Å². The fourth-order valence-electron chi connectivity index (χ4n) is 1.49. The minimum atomic E-state index is -0.876. The Kier molecular flexibility index (Phi) is 6.21. The maximum Gasteiger partial charge on any atom is 0.412 e. The number of nitrogens with one attached hydrogen (secondary N) is 1. The van der Waals surface area contributed by atoms with E-state index in [9.17, 15) is 9.59 Å². The fourth-order valence-corrected chi connectivity index (χ4v) is 2.07. The van der Waals surface area contributed by atoms with E-state index in [2.05, 4.69) is 5.32 Å². The van der Waals surface area contributed by atoms with Crippen LogP contribution >= 0.6 is 11.8 Å². The number of hydrogen-bond acceptors (Lipinski definition) is 4. The smallest absolute Gasteiger partial charge is 0.412 e. The van der Waals surface area contributed by atoms with Crippen molar-refractivity contribution >= 4 is 23.8 Å². The number of carboxylic acids is 1. The van der Waals surface area contributed by atoms with Crippen LogP contribution in [0.3, 0.4) is 0 Å². The van der Waals surface area contributed by atoms with E-state index < -0.39 is 12.1 Å². The second kappa shape index (κ2) is 7.68. The number of hydrogen-bond donors (Lipinski definition) is 2. The van der Waals surface area contributed by atoms with E-state index in [0.29, 0.717) is 12.2 Å². The first-order chi connectivity index (χ1) is 9.02. The molecule has 19 heavy (non-hydrogen) atoms. The molecule has 0 heterocycles. The van der Waals surface area contributed by atoms with Gasteiger partial charge in [0.2, 0.25) is 0 Å². The molecule has 1 rings (SSSR count). The fraction of sp³-hybridized carbons (Fsp3) is 0.385. The molecule has 0 bridgehead atoms. The van der Waals surface area contributed by atoms with Crippen molar-refractivity contribution in [2.75, 3.05) is 12.8 Å². The van der Waals surface area contributed by atoms with Crippen molar-refractivity contribution in [3.05, 3.63) is 23.8 Å². The predicted octanol–water partition coefficient (Wildman–Crippen LogP) is 2.67. The van der Waals surface area contributed by atoms with Gasteiger partial charge in [0.15, 0.2) is 0 Å². The molecule has 0 aliphatic heterocycles. The van der Waals surface area contributed by atoms with Crippen molar-refractivity contribution in [1.29, 1.82) is 0 Å². The SMILES string of the molecule is CSc1ccc(OC(=O)NCCCC(=O)O)cc1C. The molecule has 1 aromatic carbocycles. The number of carboxylic acid groups (broad SMARTS) is 1. The van der Waals surface area contributed by atoms with Crippen LogP contribution in [0.25, 0.3) is 0 Å². The Morgan fingerprint density at radius 2 is 2.16 bits per heavy atom. The number of rotatable bonds is 6. The number of thioether (sulfide) groups is 1. The summed E-state index contributed by atoms with van der Waals surface area (Å²) in [4.78, 5) is 22.9. The number of carbonyl (C=O) groups excluding carboxylic acids is 1. The number of benzene rings is 1. The van der Waals surface area contributed by atoms with Crippen LogP contribution < -0.4 is 10.1 Å². The van der Waals surface area contributed by atoms with E-state index in [1.807, 2.05) is 19.2 Å². The van der Waals surface area contributed by atoms with Gasteiger partial charge >= 0.3 is 12.1 Å². The molecule has 5 nitrogen and oxygen atoms in total. The molecule has 0 atom stereocenters. The summed E-state index contributed by atoms with van der Waals surface area (Å²) in [6.45, 7) is 2.23. The van der Waals surface area contributed by atoms with E-state index in [-0.39, 0.29) is 13.0 Å². The summed E-state index contributed by atoms with van der Waals surface area (Å²) in [6.07, 6.45) is 1.83. The van der Waals surface area contributed by atoms with E-state index in [1.54, 1.807) is 23.9 Å². The van der Waals surface area contributed by atoms with Gasteiger partial charge in [-0.15, -0.1) is 11.8 Å². The van der Waals surface area contributed by atoms with Gasteiger partial charge in [0.1, 0.15) is 5.75 Å². The van der Waals surface area contributed by atoms with Crippen LogP contribution in [0.2, 0.25) is 0 Å². The first kappa shape index (κ1) is 15.4. The van der Waals surface area contributed by atoms with E-state index in [4.69, 9.17) is 9.84 Å². The lowest BCUT2D eigenvalue weighted by molar-refractivity contribution is -0.137. The molecule has 0 radical (unpaired) electrons. The first-order valence-corrected chi connectivity index (χ1v) is 7.07. The summed E-state index contributed by atoms with van der Waals surface area (Å²) in [5.41, 5.74) is 1.05. The number of aryl methyl sites for hydroxylation is 1. The van der Waals surface area contributed by atoms with Crippen LogP contribution in [0, 0.1) is 6.92 Å². The molecule has 104 valence electrons. The summed E-state index contributed by atoms with van der Waals surface area (Å²) < 4.78 is 5.10. The minimum absolute atomic E-state index is 0.0296. The zero-order valence-electron chi connectivity index (χ0n) is 10.9. The van der Waals surface area contributed by atoms with Gasteiger partial charge < -0.3 is 15.2 Å². The second-order valence-electron chi connectivity index (χ2n) is 3.95. The topological polar surface area (TPSA) is 75.6 Å². The highest BCUT2D eigenvalue weighted by molar-refractivity contribution is 7.98. The second-order valence-corrected chi connectivity index (χ2v) is 4.79. The molecule has 0 fully saturated rings. The maximum absolute atomic E-state index is 11.4. The summed E-state index contributed by atoms with van der Waals surface area (Å²) in [5, 5.41) is 11.0. The Bertz CT molecular complexity index is 462. The summed E-state index contributed by atoms with van der Waals surface area (Å²) >= 11 is 1.63. The van der Waals surface area contributed by atoms with Crippen molar-refractivity contribution < 1.29 is 19.4 Å². The van der Waals surface area contributed by atoms with Crippen molar-refractivity contribution in [2.24, 2.45) is 0 Å². The third-order valence-electron chi connectivity index (χ3n) is 2.41. The molecule has 0 aliphatic rings.